The van der Waals surface area contributed by atoms with Crippen LogP contribution in [-0.4, -0.2) is 57.6 Å². The number of rotatable bonds is 3. The summed E-state index contributed by atoms with van der Waals surface area (Å²) in [6.45, 7) is 7.26. The van der Waals surface area contributed by atoms with Crippen LogP contribution >= 0.6 is 15.9 Å². The fourth-order valence-corrected chi connectivity index (χ4v) is 4.19. The number of nitrogens with one attached hydrogen (secondary N) is 1. The normalized spacial score (nSPS) is 26.1. The molecule has 6 heteroatoms. The van der Waals surface area contributed by atoms with E-state index in [1.165, 1.54) is 19.4 Å². The van der Waals surface area contributed by atoms with Crippen LogP contribution < -0.4 is 0 Å². The molecule has 0 bridgehead atoms. The summed E-state index contributed by atoms with van der Waals surface area (Å²) >= 11 is 3.53. The van der Waals surface area contributed by atoms with E-state index in [0.29, 0.717) is 17.8 Å². The van der Waals surface area contributed by atoms with E-state index in [-0.39, 0.29) is 5.91 Å². The minimum Gasteiger partial charge on any atom is -0.331 e. The number of fused-ring (bicyclic) bond motifs is 1. The molecule has 21 heavy (non-hydrogen) atoms. The highest BCUT2D eigenvalue weighted by atomic mass is 79.9. The van der Waals surface area contributed by atoms with Crippen molar-refractivity contribution in [3.63, 3.8) is 0 Å². The van der Waals surface area contributed by atoms with Crippen LogP contribution in [0.1, 0.15) is 49.3 Å². The number of aryl methyl sites for hydroxylation is 1. The first-order valence-corrected chi connectivity index (χ1v) is 8.72. The second-order valence-electron chi connectivity index (χ2n) is 6.03. The van der Waals surface area contributed by atoms with Crippen molar-refractivity contribution >= 4 is 21.8 Å². The first-order valence-electron chi connectivity index (χ1n) is 7.93. The number of halogens is 1. The highest BCUT2D eigenvalue weighted by Gasteiger charge is 2.39. The van der Waals surface area contributed by atoms with Crippen LogP contribution in [-0.2, 0) is 6.42 Å². The Labute approximate surface area is 134 Å². The molecule has 0 aliphatic carbocycles. The lowest BCUT2D eigenvalue weighted by molar-refractivity contribution is 0.0339. The number of H-pyrrole nitrogens is 1. The van der Waals surface area contributed by atoms with E-state index in [1.807, 2.05) is 4.90 Å². The molecule has 0 radical (unpaired) electrons. The molecule has 0 aromatic carbocycles. The van der Waals surface area contributed by atoms with Crippen LogP contribution in [0.4, 0.5) is 0 Å². The lowest BCUT2D eigenvalue weighted by Gasteiger charge is -2.43. The molecule has 3 heterocycles. The molecule has 3 rings (SSSR count). The average molecular weight is 355 g/mol. The number of hydrogen-bond acceptors (Lipinski definition) is 3. The Balaban J connectivity index is 1.83. The van der Waals surface area contributed by atoms with E-state index in [9.17, 15) is 4.79 Å². The molecule has 1 aromatic rings. The van der Waals surface area contributed by atoms with Crippen LogP contribution in [0.3, 0.4) is 0 Å². The Kier molecular flexibility index (Phi) is 4.36. The van der Waals surface area contributed by atoms with Gasteiger partial charge in [0.25, 0.3) is 5.91 Å². The second kappa shape index (κ2) is 6.08. The molecule has 2 saturated heterocycles. The van der Waals surface area contributed by atoms with Crippen molar-refractivity contribution in [2.75, 3.05) is 19.6 Å². The number of aromatic amines is 1. The quantitative estimate of drug-likeness (QED) is 0.906. The Morgan fingerprint density at radius 1 is 1.43 bits per heavy atom. The zero-order valence-electron chi connectivity index (χ0n) is 12.7. The molecule has 2 aliphatic rings. The van der Waals surface area contributed by atoms with Gasteiger partial charge in [-0.25, -0.2) is 0 Å². The smallest absolute Gasteiger partial charge is 0.275 e. The van der Waals surface area contributed by atoms with Crippen molar-refractivity contribution in [2.24, 2.45) is 0 Å². The van der Waals surface area contributed by atoms with Gasteiger partial charge in [0, 0.05) is 30.9 Å². The fourth-order valence-electron chi connectivity index (χ4n) is 3.56. The van der Waals surface area contributed by atoms with Crippen LogP contribution in [0.5, 0.6) is 0 Å². The van der Waals surface area contributed by atoms with Crippen molar-refractivity contribution in [1.82, 2.24) is 20.0 Å². The van der Waals surface area contributed by atoms with Gasteiger partial charge in [-0.05, 0) is 48.2 Å². The van der Waals surface area contributed by atoms with E-state index >= 15 is 0 Å². The first kappa shape index (κ1) is 15.0. The molecule has 2 aliphatic heterocycles. The molecule has 116 valence electrons. The minimum atomic E-state index is 0.0659. The molecular weight excluding hydrogens is 332 g/mol. The van der Waals surface area contributed by atoms with E-state index in [1.54, 1.807) is 0 Å². The Bertz CT molecular complexity index is 530. The zero-order valence-corrected chi connectivity index (χ0v) is 14.3. The maximum absolute atomic E-state index is 12.9. The van der Waals surface area contributed by atoms with Gasteiger partial charge in [-0.3, -0.25) is 14.8 Å². The SMILES string of the molecule is CCc1[nH]nc(C(=O)N2CC3CCCN3CC2CC)c1Br. The van der Waals surface area contributed by atoms with Crippen LogP contribution in [0.25, 0.3) is 0 Å². The van der Waals surface area contributed by atoms with Crippen LogP contribution in [0.15, 0.2) is 4.47 Å². The molecular formula is C15H23BrN4O. The number of carbonyl (C=O) groups is 1. The molecule has 2 unspecified atom stereocenters. The number of piperazine rings is 1. The first-order chi connectivity index (χ1) is 10.2. The molecule has 0 spiro atoms. The minimum absolute atomic E-state index is 0.0659. The summed E-state index contributed by atoms with van der Waals surface area (Å²) in [7, 11) is 0. The van der Waals surface area contributed by atoms with Gasteiger partial charge in [-0.1, -0.05) is 13.8 Å². The monoisotopic (exact) mass is 354 g/mol. The van der Waals surface area contributed by atoms with Gasteiger partial charge in [-0.15, -0.1) is 0 Å². The van der Waals surface area contributed by atoms with E-state index in [4.69, 9.17) is 0 Å². The van der Waals surface area contributed by atoms with Gasteiger partial charge >= 0.3 is 0 Å². The third-order valence-corrected chi connectivity index (χ3v) is 5.71. The van der Waals surface area contributed by atoms with E-state index in [2.05, 4.69) is 44.9 Å². The number of aromatic nitrogens is 2. The Morgan fingerprint density at radius 2 is 2.24 bits per heavy atom. The van der Waals surface area contributed by atoms with Crippen molar-refractivity contribution in [2.45, 2.75) is 51.6 Å². The topological polar surface area (TPSA) is 52.2 Å². The summed E-state index contributed by atoms with van der Waals surface area (Å²) in [6, 6.07) is 0.848. The number of amides is 1. The largest absolute Gasteiger partial charge is 0.331 e. The third-order valence-electron chi connectivity index (χ3n) is 4.86. The van der Waals surface area contributed by atoms with Crippen molar-refractivity contribution in [3.05, 3.63) is 15.9 Å². The summed E-state index contributed by atoms with van der Waals surface area (Å²) in [4.78, 5) is 17.5. The Hall–Kier alpha value is -0.880. The number of carbonyl (C=O) groups excluding carboxylic acids is 1. The van der Waals surface area contributed by atoms with Crippen molar-refractivity contribution in [1.29, 1.82) is 0 Å². The highest BCUT2D eigenvalue weighted by molar-refractivity contribution is 9.10. The lowest BCUT2D eigenvalue weighted by Crippen LogP contribution is -2.57. The Morgan fingerprint density at radius 3 is 2.90 bits per heavy atom. The summed E-state index contributed by atoms with van der Waals surface area (Å²) in [5.41, 5.74) is 1.53. The number of hydrogen-bond donors (Lipinski definition) is 1. The predicted octanol–water partition coefficient (Wildman–Crippen LogP) is 2.43. The molecule has 1 N–H and O–H groups in total. The van der Waals surface area contributed by atoms with Crippen LogP contribution in [0, 0.1) is 0 Å². The third kappa shape index (κ3) is 2.63. The standard InChI is InChI=1S/C15H23BrN4O/c1-3-10-8-19-7-5-6-11(19)9-20(10)15(21)14-13(16)12(4-2)17-18-14/h10-11H,3-9H2,1-2H3,(H,17,18). The predicted molar refractivity (Wildman–Crippen MR) is 85.4 cm³/mol. The molecule has 0 saturated carbocycles. The summed E-state index contributed by atoms with van der Waals surface area (Å²) in [6.07, 6.45) is 4.31. The average Bonchev–Trinajstić information content (AvgIpc) is 3.10. The second-order valence-corrected chi connectivity index (χ2v) is 6.82. The molecule has 1 aromatic heterocycles. The molecule has 1 amide bonds. The summed E-state index contributed by atoms with van der Waals surface area (Å²) < 4.78 is 0.832. The summed E-state index contributed by atoms with van der Waals surface area (Å²) in [5, 5.41) is 7.21. The van der Waals surface area contributed by atoms with Crippen molar-refractivity contribution in [3.8, 4) is 0 Å². The maximum Gasteiger partial charge on any atom is 0.275 e. The highest BCUT2D eigenvalue weighted by Crippen LogP contribution is 2.28. The van der Waals surface area contributed by atoms with Gasteiger partial charge in [0.15, 0.2) is 5.69 Å². The van der Waals surface area contributed by atoms with E-state index in [0.717, 1.165) is 36.1 Å². The molecule has 5 nitrogen and oxygen atoms in total. The van der Waals surface area contributed by atoms with Gasteiger partial charge in [-0.2, -0.15) is 5.10 Å². The van der Waals surface area contributed by atoms with Crippen LogP contribution in [0.2, 0.25) is 0 Å². The number of nitrogens with zero attached hydrogens (tertiary/aromatic N) is 3. The zero-order chi connectivity index (χ0) is 15.0. The maximum atomic E-state index is 12.9. The van der Waals surface area contributed by atoms with Gasteiger partial charge in [0.1, 0.15) is 0 Å². The van der Waals surface area contributed by atoms with Gasteiger partial charge < -0.3 is 4.90 Å². The fraction of sp³-hybridized carbons (Fsp3) is 0.733. The van der Waals surface area contributed by atoms with Crippen molar-refractivity contribution < 1.29 is 4.79 Å². The molecule has 2 fully saturated rings. The lowest BCUT2D eigenvalue weighted by atomic mass is 10.0. The summed E-state index contributed by atoms with van der Waals surface area (Å²) in [5.74, 6) is 0.0659. The van der Waals surface area contributed by atoms with Gasteiger partial charge in [0.2, 0.25) is 0 Å². The van der Waals surface area contributed by atoms with E-state index < -0.39 is 0 Å². The van der Waals surface area contributed by atoms with Gasteiger partial charge in [0.05, 0.1) is 4.47 Å². The molecule has 2 atom stereocenters.